The number of nitrogens with one attached hydrogen (secondary N) is 1. The second-order valence-electron chi connectivity index (χ2n) is 5.86. The highest BCUT2D eigenvalue weighted by molar-refractivity contribution is 7.90. The summed E-state index contributed by atoms with van der Waals surface area (Å²) in [5.74, 6) is -1.24. The van der Waals surface area contributed by atoms with Crippen LogP contribution >= 0.6 is 0 Å². The largest absolute Gasteiger partial charge is 0.497 e. The number of benzene rings is 1. The molecule has 28 heavy (non-hydrogen) atoms. The van der Waals surface area contributed by atoms with Gasteiger partial charge in [-0.25, -0.2) is 16.8 Å². The van der Waals surface area contributed by atoms with E-state index in [1.54, 1.807) is 13.1 Å². The number of amides is 1. The Morgan fingerprint density at radius 1 is 1.25 bits per heavy atom. The maximum Gasteiger partial charge on any atom is 0.270 e. The molecular formula is C18H17FN4O4S. The molecule has 0 aliphatic rings. The van der Waals surface area contributed by atoms with Crippen molar-refractivity contribution in [2.24, 2.45) is 0 Å². The molecule has 0 fully saturated rings. The SMILES string of the molecule is COc1ccc(S(=O)(=O)n2ccc(C(=O)NCc3cnc(C)cn3)c2)c(F)c1. The predicted molar refractivity (Wildman–Crippen MR) is 97.9 cm³/mol. The van der Waals surface area contributed by atoms with E-state index < -0.39 is 26.6 Å². The summed E-state index contributed by atoms with van der Waals surface area (Å²) in [6.45, 7) is 1.93. The minimum absolute atomic E-state index is 0.109. The summed E-state index contributed by atoms with van der Waals surface area (Å²) in [4.78, 5) is 19.9. The van der Waals surface area contributed by atoms with E-state index >= 15 is 0 Å². The molecule has 0 aliphatic carbocycles. The van der Waals surface area contributed by atoms with Gasteiger partial charge in [0, 0.05) is 24.7 Å². The van der Waals surface area contributed by atoms with Crippen LogP contribution in [0.5, 0.6) is 5.75 Å². The van der Waals surface area contributed by atoms with Crippen molar-refractivity contribution in [2.45, 2.75) is 18.4 Å². The van der Waals surface area contributed by atoms with Gasteiger partial charge < -0.3 is 10.1 Å². The van der Waals surface area contributed by atoms with Crippen LogP contribution in [0.4, 0.5) is 4.39 Å². The van der Waals surface area contributed by atoms with Crippen LogP contribution in [0.3, 0.4) is 0 Å². The summed E-state index contributed by atoms with van der Waals surface area (Å²) >= 11 is 0. The van der Waals surface area contributed by atoms with Gasteiger partial charge in [-0.1, -0.05) is 0 Å². The Morgan fingerprint density at radius 2 is 2.04 bits per heavy atom. The Balaban J connectivity index is 1.77. The van der Waals surface area contributed by atoms with Crippen molar-refractivity contribution in [3.63, 3.8) is 0 Å². The lowest BCUT2D eigenvalue weighted by Crippen LogP contribution is -2.23. The van der Waals surface area contributed by atoms with E-state index in [0.29, 0.717) is 5.69 Å². The first-order chi connectivity index (χ1) is 13.3. The van der Waals surface area contributed by atoms with Crippen LogP contribution in [-0.2, 0) is 16.6 Å². The third-order valence-electron chi connectivity index (χ3n) is 3.89. The summed E-state index contributed by atoms with van der Waals surface area (Å²) in [6, 6.07) is 4.76. The zero-order valence-corrected chi connectivity index (χ0v) is 15.9. The third-order valence-corrected chi connectivity index (χ3v) is 5.56. The number of rotatable bonds is 6. The molecule has 10 heteroatoms. The number of hydrogen-bond acceptors (Lipinski definition) is 6. The minimum Gasteiger partial charge on any atom is -0.497 e. The van der Waals surface area contributed by atoms with Crippen LogP contribution in [-0.4, -0.2) is 35.4 Å². The topological polar surface area (TPSA) is 103 Å². The van der Waals surface area contributed by atoms with E-state index in [4.69, 9.17) is 4.74 Å². The van der Waals surface area contributed by atoms with Crippen molar-refractivity contribution in [1.29, 1.82) is 0 Å². The molecule has 0 spiro atoms. The minimum atomic E-state index is -4.20. The first-order valence-electron chi connectivity index (χ1n) is 8.14. The Labute approximate surface area is 161 Å². The molecule has 1 amide bonds. The molecule has 0 radical (unpaired) electrons. The molecular weight excluding hydrogens is 387 g/mol. The van der Waals surface area contributed by atoms with E-state index in [1.165, 1.54) is 31.6 Å². The fourth-order valence-electron chi connectivity index (χ4n) is 2.38. The Bertz CT molecular complexity index is 1110. The van der Waals surface area contributed by atoms with Crippen molar-refractivity contribution in [1.82, 2.24) is 19.3 Å². The standard InChI is InChI=1S/C18H17FN4O4S/c1-12-8-21-14(9-20-12)10-22-18(24)13-5-6-23(11-13)28(25,26)17-4-3-15(27-2)7-16(17)19/h3-9,11H,10H2,1-2H3,(H,22,24). The van der Waals surface area contributed by atoms with Gasteiger partial charge in [0.1, 0.15) is 16.5 Å². The molecule has 0 saturated carbocycles. The number of carbonyl (C=O) groups excluding carboxylic acids is 1. The first kappa shape index (κ1) is 19.5. The smallest absolute Gasteiger partial charge is 0.270 e. The number of ether oxygens (including phenoxy) is 1. The average Bonchev–Trinajstić information content (AvgIpc) is 3.18. The quantitative estimate of drug-likeness (QED) is 0.673. The molecule has 146 valence electrons. The molecule has 1 aromatic carbocycles. The second-order valence-corrected chi connectivity index (χ2v) is 7.67. The number of carbonyl (C=O) groups is 1. The molecule has 0 saturated heterocycles. The highest BCUT2D eigenvalue weighted by atomic mass is 32.2. The fraction of sp³-hybridized carbons (Fsp3) is 0.167. The van der Waals surface area contributed by atoms with Crippen LogP contribution in [0, 0.1) is 12.7 Å². The van der Waals surface area contributed by atoms with Gasteiger partial charge in [0.25, 0.3) is 15.9 Å². The Morgan fingerprint density at radius 3 is 2.68 bits per heavy atom. The van der Waals surface area contributed by atoms with E-state index in [0.717, 1.165) is 28.0 Å². The molecule has 2 heterocycles. The Kier molecular flexibility index (Phi) is 5.41. The fourth-order valence-corrected chi connectivity index (χ4v) is 3.62. The Hall–Kier alpha value is -3.27. The summed E-state index contributed by atoms with van der Waals surface area (Å²) in [7, 11) is -2.85. The van der Waals surface area contributed by atoms with Gasteiger partial charge >= 0.3 is 0 Å². The highest BCUT2D eigenvalue weighted by Gasteiger charge is 2.22. The van der Waals surface area contributed by atoms with Gasteiger partial charge in [-0.05, 0) is 25.1 Å². The number of methoxy groups -OCH3 is 1. The predicted octanol–water partition coefficient (Wildman–Crippen LogP) is 1.90. The average molecular weight is 404 g/mol. The molecule has 0 aliphatic heterocycles. The van der Waals surface area contributed by atoms with Gasteiger partial charge in [0.2, 0.25) is 0 Å². The van der Waals surface area contributed by atoms with Crippen molar-refractivity contribution < 1.29 is 22.3 Å². The molecule has 3 aromatic rings. The van der Waals surface area contributed by atoms with Crippen molar-refractivity contribution >= 4 is 15.9 Å². The van der Waals surface area contributed by atoms with E-state index in [-0.39, 0.29) is 17.9 Å². The van der Waals surface area contributed by atoms with Gasteiger partial charge in [0.05, 0.1) is 36.8 Å². The lowest BCUT2D eigenvalue weighted by atomic mass is 10.3. The maximum atomic E-state index is 14.2. The van der Waals surface area contributed by atoms with Gasteiger partial charge in [0.15, 0.2) is 0 Å². The number of halogens is 1. The highest BCUT2D eigenvalue weighted by Crippen LogP contribution is 2.23. The van der Waals surface area contributed by atoms with Crippen LogP contribution in [0.25, 0.3) is 0 Å². The second kappa shape index (κ2) is 7.77. The van der Waals surface area contributed by atoms with Gasteiger partial charge in [-0.2, -0.15) is 0 Å². The molecule has 1 N–H and O–H groups in total. The number of hydrogen-bond donors (Lipinski definition) is 1. The van der Waals surface area contributed by atoms with E-state index in [1.807, 2.05) is 0 Å². The monoisotopic (exact) mass is 404 g/mol. The summed E-state index contributed by atoms with van der Waals surface area (Å²) in [6.07, 6.45) is 5.42. The van der Waals surface area contributed by atoms with Crippen molar-refractivity contribution in [3.8, 4) is 5.75 Å². The summed E-state index contributed by atoms with van der Waals surface area (Å²) < 4.78 is 45.1. The maximum absolute atomic E-state index is 14.2. The van der Waals surface area contributed by atoms with Crippen LogP contribution < -0.4 is 10.1 Å². The van der Waals surface area contributed by atoms with Crippen molar-refractivity contribution in [2.75, 3.05) is 7.11 Å². The van der Waals surface area contributed by atoms with Crippen LogP contribution in [0.2, 0.25) is 0 Å². The molecule has 0 atom stereocenters. The molecule has 3 rings (SSSR count). The van der Waals surface area contributed by atoms with E-state index in [9.17, 15) is 17.6 Å². The third kappa shape index (κ3) is 4.01. The lowest BCUT2D eigenvalue weighted by molar-refractivity contribution is 0.0950. The molecule has 2 aromatic heterocycles. The summed E-state index contributed by atoms with van der Waals surface area (Å²) in [5.41, 5.74) is 1.42. The van der Waals surface area contributed by atoms with E-state index in [2.05, 4.69) is 15.3 Å². The normalized spacial score (nSPS) is 11.2. The van der Waals surface area contributed by atoms with Gasteiger partial charge in [-0.3, -0.25) is 14.8 Å². The van der Waals surface area contributed by atoms with Crippen LogP contribution in [0.1, 0.15) is 21.7 Å². The zero-order valence-electron chi connectivity index (χ0n) is 15.1. The lowest BCUT2D eigenvalue weighted by Gasteiger charge is -2.08. The van der Waals surface area contributed by atoms with Crippen LogP contribution in [0.15, 0.2) is 53.9 Å². The molecule has 0 unspecified atom stereocenters. The molecule has 8 nitrogen and oxygen atoms in total. The zero-order chi connectivity index (χ0) is 20.3. The van der Waals surface area contributed by atoms with Gasteiger partial charge in [-0.15, -0.1) is 0 Å². The number of nitrogens with zero attached hydrogens (tertiary/aromatic N) is 3. The first-order valence-corrected chi connectivity index (χ1v) is 9.58. The number of aromatic nitrogens is 3. The summed E-state index contributed by atoms with van der Waals surface area (Å²) in [5, 5.41) is 2.63. The number of aryl methyl sites for hydroxylation is 1. The van der Waals surface area contributed by atoms with Crippen molar-refractivity contribution in [3.05, 3.63) is 71.8 Å². The molecule has 0 bridgehead atoms.